The predicted octanol–water partition coefficient (Wildman–Crippen LogP) is 25.0. The molecule has 1 amide bonds. The van der Waals surface area contributed by atoms with Crippen LogP contribution in [0.5, 0.6) is 0 Å². The molecule has 536 valence electrons. The van der Waals surface area contributed by atoms with Crippen molar-refractivity contribution in [1.82, 2.24) is 5.32 Å². The third-order valence-corrected chi connectivity index (χ3v) is 18.6. The highest BCUT2D eigenvalue weighted by molar-refractivity contribution is 7.45. The number of esters is 1. The summed E-state index contributed by atoms with van der Waals surface area (Å²) in [5, 5.41) is 3.05. The lowest BCUT2D eigenvalue weighted by atomic mass is 10.0. The van der Waals surface area contributed by atoms with Gasteiger partial charge in [0.15, 0.2) is 0 Å². The molecule has 0 aromatic carbocycles. The minimum Gasteiger partial charge on any atom is -0.756 e. The number of carbonyl (C=O) groups is 2. The van der Waals surface area contributed by atoms with Gasteiger partial charge in [-0.15, -0.1) is 0 Å². The molecule has 0 aliphatic heterocycles. The predicted molar refractivity (Wildman–Crippen MR) is 399 cm³/mol. The van der Waals surface area contributed by atoms with Gasteiger partial charge in [-0.2, -0.15) is 0 Å². The SMILES string of the molecule is CC/C=C\C/C=C\C/C=C\C/C=C\C/C=C\C/C=C\CCCCCCCCCCC(=O)OC(/C=C/CCCCCCCCCCCC)C(COP(=O)([O-])OCC[N+](C)(C)C)NC(=O)CCCCCCCCCCCCCCCCCCCCCCCCCCCCC. The van der Waals surface area contributed by atoms with Crippen LogP contribution in [0.1, 0.15) is 374 Å². The quantitative estimate of drug-likeness (QED) is 0.0212. The first kappa shape index (κ1) is 89.2. The third kappa shape index (κ3) is 71.5. The maximum Gasteiger partial charge on any atom is 0.306 e. The number of quaternary nitrogens is 1. The number of carbonyl (C=O) groups excluding carboxylic acids is 2. The molecule has 0 aliphatic rings. The summed E-state index contributed by atoms with van der Waals surface area (Å²) in [5.41, 5.74) is 0. The Hall–Kier alpha value is -2.81. The molecule has 3 unspecified atom stereocenters. The van der Waals surface area contributed by atoms with E-state index >= 15 is 0 Å². The summed E-state index contributed by atoms with van der Waals surface area (Å²) in [6.45, 7) is 6.78. The number of phosphoric acid groups is 1. The summed E-state index contributed by atoms with van der Waals surface area (Å²) >= 11 is 0. The van der Waals surface area contributed by atoms with Crippen molar-refractivity contribution in [3.8, 4) is 0 Å². The second kappa shape index (κ2) is 71.0. The summed E-state index contributed by atoms with van der Waals surface area (Å²) in [4.78, 5) is 40.3. The van der Waals surface area contributed by atoms with Gasteiger partial charge in [-0.05, 0) is 83.1 Å². The number of hydrogen-bond donors (Lipinski definition) is 1. The van der Waals surface area contributed by atoms with Gasteiger partial charge in [-0.1, -0.05) is 363 Å². The number of nitrogens with zero attached hydrogens (tertiary/aromatic N) is 1. The van der Waals surface area contributed by atoms with E-state index in [0.29, 0.717) is 17.4 Å². The van der Waals surface area contributed by atoms with Crippen LogP contribution in [-0.2, 0) is 27.9 Å². The molecule has 0 fully saturated rings. The Balaban J connectivity index is 4.95. The van der Waals surface area contributed by atoms with Gasteiger partial charge in [-0.3, -0.25) is 14.2 Å². The van der Waals surface area contributed by atoms with E-state index in [1.54, 1.807) is 0 Å². The fourth-order valence-corrected chi connectivity index (χ4v) is 12.3. The van der Waals surface area contributed by atoms with Crippen molar-refractivity contribution in [3.63, 3.8) is 0 Å². The molecule has 0 heterocycles. The summed E-state index contributed by atoms with van der Waals surface area (Å²) in [5.74, 6) is -0.537. The molecule has 0 radical (unpaired) electrons. The van der Waals surface area contributed by atoms with Crippen LogP contribution in [-0.4, -0.2) is 69.4 Å². The third-order valence-electron chi connectivity index (χ3n) is 17.6. The molecule has 0 aromatic heterocycles. The molecule has 0 spiro atoms. The highest BCUT2D eigenvalue weighted by Crippen LogP contribution is 2.38. The van der Waals surface area contributed by atoms with Crippen LogP contribution in [0.15, 0.2) is 85.1 Å². The molecule has 0 saturated heterocycles. The number of rotatable bonds is 72. The van der Waals surface area contributed by atoms with E-state index in [2.05, 4.69) is 99.0 Å². The largest absolute Gasteiger partial charge is 0.756 e. The number of phosphoric ester groups is 1. The van der Waals surface area contributed by atoms with E-state index in [9.17, 15) is 19.0 Å². The number of ether oxygens (including phenoxy) is 1. The number of allylic oxidation sites excluding steroid dienone is 13. The zero-order chi connectivity index (χ0) is 67.0. The topological polar surface area (TPSA) is 114 Å². The van der Waals surface area contributed by atoms with E-state index in [-0.39, 0.29) is 24.9 Å². The monoisotopic (exact) mass is 1310 g/mol. The van der Waals surface area contributed by atoms with E-state index in [1.165, 1.54) is 231 Å². The van der Waals surface area contributed by atoms with Crippen molar-refractivity contribution in [3.05, 3.63) is 85.1 Å². The number of unbranched alkanes of at least 4 members (excludes halogenated alkanes) is 44. The van der Waals surface area contributed by atoms with Gasteiger partial charge in [0.05, 0.1) is 33.8 Å². The molecule has 92 heavy (non-hydrogen) atoms. The van der Waals surface area contributed by atoms with Crippen LogP contribution in [0.25, 0.3) is 0 Å². The Morgan fingerprint density at radius 2 is 0.696 bits per heavy atom. The second-order valence-electron chi connectivity index (χ2n) is 27.8. The van der Waals surface area contributed by atoms with E-state index < -0.39 is 26.6 Å². The van der Waals surface area contributed by atoms with E-state index in [0.717, 1.165) is 109 Å². The molecule has 0 rings (SSSR count). The lowest BCUT2D eigenvalue weighted by Crippen LogP contribution is -2.47. The molecule has 0 saturated carbocycles. The van der Waals surface area contributed by atoms with Crippen molar-refractivity contribution in [2.24, 2.45) is 0 Å². The normalized spacial score (nSPS) is 13.9. The first-order chi connectivity index (χ1) is 44.9. The molecule has 1 N–H and O–H groups in total. The van der Waals surface area contributed by atoms with Gasteiger partial charge < -0.3 is 28.5 Å². The van der Waals surface area contributed by atoms with Crippen LogP contribution in [0, 0.1) is 0 Å². The molecular formula is C82H151N2O7P. The summed E-state index contributed by atoms with van der Waals surface area (Å²) in [7, 11) is 1.19. The smallest absolute Gasteiger partial charge is 0.306 e. The highest BCUT2D eigenvalue weighted by Gasteiger charge is 2.27. The standard InChI is InChI=1S/C82H151N2O7P/c1-7-10-13-16-19-22-25-28-30-32-34-36-38-40-42-44-46-48-50-52-54-56-59-62-65-68-71-74-81(85)83-79(78-90-92(87,88)89-77-76-84(4,5)6)80(73-70-67-64-61-58-27-24-21-18-15-12-9-3)91-82(86)75-72-69-66-63-60-57-55-53-51-49-47-45-43-41-39-37-35-33-31-29-26-23-20-17-14-11-8-2/h11,14,20,23,29,31,35,37,41,43,47,49,70,73,79-80H,7-10,12-13,15-19,21-22,24-28,30,32-34,36,38-40,42,44-46,48,50-69,71-72,74-78H2,1-6H3,(H-,83,85,87,88)/b14-11-,23-20-,31-29-,37-35-,43-41-,49-47-,73-70+. The first-order valence-electron chi connectivity index (χ1n) is 39.4. The Morgan fingerprint density at radius 3 is 1.04 bits per heavy atom. The lowest BCUT2D eigenvalue weighted by molar-refractivity contribution is -0.870. The molecular weight excluding hydrogens is 1160 g/mol. The van der Waals surface area contributed by atoms with Crippen LogP contribution in [0.3, 0.4) is 0 Å². The minimum atomic E-state index is -4.71. The molecule has 3 atom stereocenters. The highest BCUT2D eigenvalue weighted by atomic mass is 31.2. The molecule has 0 bridgehead atoms. The molecule has 0 aromatic rings. The molecule has 0 aliphatic carbocycles. The lowest BCUT2D eigenvalue weighted by Gasteiger charge is -2.30. The Bertz CT molecular complexity index is 1850. The Kier molecular flexibility index (Phi) is 68.8. The zero-order valence-electron chi connectivity index (χ0n) is 61.5. The van der Waals surface area contributed by atoms with Gasteiger partial charge in [0, 0.05) is 12.8 Å². The maximum atomic E-state index is 13.6. The van der Waals surface area contributed by atoms with Crippen molar-refractivity contribution in [2.75, 3.05) is 40.9 Å². The van der Waals surface area contributed by atoms with Gasteiger partial charge in [0.2, 0.25) is 5.91 Å². The number of nitrogens with one attached hydrogen (secondary N) is 1. The maximum absolute atomic E-state index is 13.6. The van der Waals surface area contributed by atoms with Gasteiger partial charge >= 0.3 is 5.97 Å². The molecule has 9 nitrogen and oxygen atoms in total. The zero-order valence-corrected chi connectivity index (χ0v) is 62.4. The fourth-order valence-electron chi connectivity index (χ4n) is 11.6. The van der Waals surface area contributed by atoms with Gasteiger partial charge in [0.1, 0.15) is 19.3 Å². The van der Waals surface area contributed by atoms with E-state index in [1.807, 2.05) is 33.3 Å². The number of amides is 1. The second-order valence-corrected chi connectivity index (χ2v) is 29.3. The number of hydrogen-bond acceptors (Lipinski definition) is 7. The average Bonchev–Trinajstić information content (AvgIpc) is 3.72. The van der Waals surface area contributed by atoms with Crippen molar-refractivity contribution in [1.29, 1.82) is 0 Å². The minimum absolute atomic E-state index is 0.0246. The van der Waals surface area contributed by atoms with Crippen molar-refractivity contribution >= 4 is 19.7 Å². The van der Waals surface area contributed by atoms with Crippen LogP contribution >= 0.6 is 7.82 Å². The van der Waals surface area contributed by atoms with Crippen molar-refractivity contribution in [2.45, 2.75) is 386 Å². The van der Waals surface area contributed by atoms with Crippen LogP contribution in [0.2, 0.25) is 0 Å². The average molecular weight is 1310 g/mol. The summed E-state index contributed by atoms with van der Waals surface area (Å²) < 4.78 is 30.5. The van der Waals surface area contributed by atoms with Crippen molar-refractivity contribution < 1.29 is 37.3 Å². The van der Waals surface area contributed by atoms with Crippen LogP contribution < -0.4 is 10.2 Å². The summed E-state index contributed by atoms with van der Waals surface area (Å²) in [6, 6.07) is -0.895. The number of likely N-dealkylation sites (N-methyl/N-ethyl adjacent to an activating group) is 1. The van der Waals surface area contributed by atoms with E-state index in [4.69, 9.17) is 13.8 Å². The van der Waals surface area contributed by atoms with Gasteiger partial charge in [-0.25, -0.2) is 0 Å². The fraction of sp³-hybridized carbons (Fsp3) is 0.805. The molecule has 10 heteroatoms. The first-order valence-corrected chi connectivity index (χ1v) is 40.9. The Labute approximate surface area is 571 Å². The summed E-state index contributed by atoms with van der Waals surface area (Å²) in [6.07, 6.45) is 95.9. The van der Waals surface area contributed by atoms with Crippen LogP contribution in [0.4, 0.5) is 0 Å². The van der Waals surface area contributed by atoms with Gasteiger partial charge in [0.25, 0.3) is 7.82 Å². The Morgan fingerprint density at radius 1 is 0.391 bits per heavy atom.